The van der Waals surface area contributed by atoms with Gasteiger partial charge < -0.3 is 4.74 Å². The summed E-state index contributed by atoms with van der Waals surface area (Å²) < 4.78 is 5.10. The SMILES string of the molecule is COc1cc([N+](=O)[O-])c(C(C)(C)C)cc1C. The second kappa shape index (κ2) is 4.12. The Bertz CT molecular complexity index is 419. The van der Waals surface area contributed by atoms with E-state index in [9.17, 15) is 10.1 Å². The molecule has 0 fully saturated rings. The number of nitrogens with zero attached hydrogens (tertiary/aromatic N) is 1. The van der Waals surface area contributed by atoms with Crippen LogP contribution in [0.3, 0.4) is 0 Å². The van der Waals surface area contributed by atoms with Gasteiger partial charge in [-0.25, -0.2) is 0 Å². The second-order valence-electron chi connectivity index (χ2n) is 4.85. The number of nitro benzene ring substituents is 1. The van der Waals surface area contributed by atoms with Crippen LogP contribution in [0.2, 0.25) is 0 Å². The van der Waals surface area contributed by atoms with E-state index in [0.717, 1.165) is 11.1 Å². The van der Waals surface area contributed by atoms with Crippen molar-refractivity contribution >= 4 is 5.69 Å². The van der Waals surface area contributed by atoms with Crippen LogP contribution in [0.15, 0.2) is 12.1 Å². The van der Waals surface area contributed by atoms with Crippen LogP contribution in [-0.4, -0.2) is 12.0 Å². The van der Waals surface area contributed by atoms with Gasteiger partial charge in [0.05, 0.1) is 18.1 Å². The van der Waals surface area contributed by atoms with Gasteiger partial charge in [0.2, 0.25) is 0 Å². The minimum absolute atomic E-state index is 0.120. The Labute approximate surface area is 95.4 Å². The molecule has 0 unspecified atom stereocenters. The third-order valence-electron chi connectivity index (χ3n) is 2.52. The van der Waals surface area contributed by atoms with Gasteiger partial charge in [0, 0.05) is 5.56 Å². The molecule has 0 atom stereocenters. The molecule has 0 saturated carbocycles. The lowest BCUT2D eigenvalue weighted by Crippen LogP contribution is -2.14. The van der Waals surface area contributed by atoms with Gasteiger partial charge in [-0.1, -0.05) is 20.8 Å². The first-order chi connectivity index (χ1) is 7.27. The summed E-state index contributed by atoms with van der Waals surface area (Å²) in [6.07, 6.45) is 0. The van der Waals surface area contributed by atoms with Crippen molar-refractivity contribution in [2.24, 2.45) is 0 Å². The summed E-state index contributed by atoms with van der Waals surface area (Å²) in [6.45, 7) is 7.77. The molecule has 4 heteroatoms. The number of rotatable bonds is 2. The molecular formula is C12H17NO3. The highest BCUT2D eigenvalue weighted by atomic mass is 16.6. The monoisotopic (exact) mass is 223 g/mol. The van der Waals surface area contributed by atoms with Gasteiger partial charge in [0.25, 0.3) is 5.69 Å². The van der Waals surface area contributed by atoms with Gasteiger partial charge in [0.1, 0.15) is 5.75 Å². The van der Waals surface area contributed by atoms with Crippen molar-refractivity contribution in [3.8, 4) is 5.75 Å². The molecule has 0 heterocycles. The molecule has 0 bridgehead atoms. The molecule has 0 aliphatic carbocycles. The van der Waals surface area contributed by atoms with E-state index in [4.69, 9.17) is 4.74 Å². The van der Waals surface area contributed by atoms with Crippen molar-refractivity contribution in [3.63, 3.8) is 0 Å². The van der Waals surface area contributed by atoms with Crippen LogP contribution in [0.25, 0.3) is 0 Å². The number of ether oxygens (including phenoxy) is 1. The molecule has 0 radical (unpaired) electrons. The van der Waals surface area contributed by atoms with Crippen molar-refractivity contribution in [2.75, 3.05) is 7.11 Å². The molecule has 88 valence electrons. The molecular weight excluding hydrogens is 206 g/mol. The van der Waals surface area contributed by atoms with Crippen LogP contribution in [0, 0.1) is 17.0 Å². The van der Waals surface area contributed by atoms with Crippen molar-refractivity contribution in [3.05, 3.63) is 33.4 Å². The van der Waals surface area contributed by atoms with Gasteiger partial charge in [-0.05, 0) is 24.0 Å². The van der Waals surface area contributed by atoms with Crippen LogP contribution in [-0.2, 0) is 5.41 Å². The van der Waals surface area contributed by atoms with Gasteiger partial charge in [-0.3, -0.25) is 10.1 Å². The number of nitro groups is 1. The van der Waals surface area contributed by atoms with Gasteiger partial charge in [-0.2, -0.15) is 0 Å². The Morgan fingerprint density at radius 1 is 1.31 bits per heavy atom. The Hall–Kier alpha value is -1.58. The fourth-order valence-electron chi connectivity index (χ4n) is 1.65. The van der Waals surface area contributed by atoms with Crippen LogP contribution >= 0.6 is 0 Å². The summed E-state index contributed by atoms with van der Waals surface area (Å²) in [7, 11) is 1.52. The number of hydrogen-bond donors (Lipinski definition) is 0. The third kappa shape index (κ3) is 2.32. The summed E-state index contributed by atoms with van der Waals surface area (Å²) in [4.78, 5) is 10.6. The highest BCUT2D eigenvalue weighted by Gasteiger charge is 2.26. The van der Waals surface area contributed by atoms with Crippen molar-refractivity contribution < 1.29 is 9.66 Å². The predicted octanol–water partition coefficient (Wildman–Crippen LogP) is 3.21. The summed E-state index contributed by atoms with van der Waals surface area (Å²) in [5.41, 5.74) is 1.52. The van der Waals surface area contributed by atoms with Crippen LogP contribution in [0.4, 0.5) is 5.69 Å². The minimum atomic E-state index is -0.359. The first-order valence-electron chi connectivity index (χ1n) is 5.11. The molecule has 0 saturated heterocycles. The van der Waals surface area contributed by atoms with E-state index in [1.807, 2.05) is 33.8 Å². The molecule has 0 aliphatic heterocycles. The van der Waals surface area contributed by atoms with Crippen molar-refractivity contribution in [1.82, 2.24) is 0 Å². The highest BCUT2D eigenvalue weighted by Crippen LogP contribution is 2.35. The quantitative estimate of drug-likeness (QED) is 0.571. The number of methoxy groups -OCH3 is 1. The molecule has 0 aromatic heterocycles. The maximum absolute atomic E-state index is 11.0. The van der Waals surface area contributed by atoms with Gasteiger partial charge >= 0.3 is 0 Å². The maximum atomic E-state index is 11.0. The zero-order chi connectivity index (χ0) is 12.5. The Balaban J connectivity index is 3.49. The van der Waals surface area contributed by atoms with E-state index in [-0.39, 0.29) is 16.0 Å². The smallest absolute Gasteiger partial charge is 0.276 e. The zero-order valence-corrected chi connectivity index (χ0v) is 10.3. The molecule has 1 aromatic carbocycles. The fraction of sp³-hybridized carbons (Fsp3) is 0.500. The number of hydrogen-bond acceptors (Lipinski definition) is 3. The Morgan fingerprint density at radius 2 is 1.88 bits per heavy atom. The first-order valence-corrected chi connectivity index (χ1v) is 5.11. The molecule has 1 rings (SSSR count). The van der Waals surface area contributed by atoms with Crippen LogP contribution < -0.4 is 4.74 Å². The summed E-state index contributed by atoms with van der Waals surface area (Å²) >= 11 is 0. The normalized spacial score (nSPS) is 11.3. The Morgan fingerprint density at radius 3 is 2.25 bits per heavy atom. The molecule has 0 N–H and O–H groups in total. The number of benzene rings is 1. The molecule has 0 spiro atoms. The molecule has 4 nitrogen and oxygen atoms in total. The van der Waals surface area contributed by atoms with E-state index in [1.165, 1.54) is 13.2 Å². The average Bonchev–Trinajstić information content (AvgIpc) is 2.15. The van der Waals surface area contributed by atoms with Crippen molar-refractivity contribution in [2.45, 2.75) is 33.1 Å². The third-order valence-corrected chi connectivity index (χ3v) is 2.52. The molecule has 1 aromatic rings. The molecule has 16 heavy (non-hydrogen) atoms. The molecule has 0 amide bonds. The summed E-state index contributed by atoms with van der Waals surface area (Å²) in [5.74, 6) is 0.555. The minimum Gasteiger partial charge on any atom is -0.496 e. The topological polar surface area (TPSA) is 52.4 Å². The predicted molar refractivity (Wildman–Crippen MR) is 63.1 cm³/mol. The number of aryl methyl sites for hydroxylation is 1. The van der Waals surface area contributed by atoms with E-state index in [0.29, 0.717) is 5.75 Å². The van der Waals surface area contributed by atoms with E-state index < -0.39 is 0 Å². The lowest BCUT2D eigenvalue weighted by molar-refractivity contribution is -0.386. The maximum Gasteiger partial charge on any atom is 0.276 e. The van der Waals surface area contributed by atoms with Crippen LogP contribution in [0.5, 0.6) is 5.75 Å². The Kier molecular flexibility index (Phi) is 3.21. The van der Waals surface area contributed by atoms with E-state index in [1.54, 1.807) is 0 Å². The average molecular weight is 223 g/mol. The largest absolute Gasteiger partial charge is 0.496 e. The molecule has 0 aliphatic rings. The lowest BCUT2D eigenvalue weighted by Gasteiger charge is -2.20. The summed E-state index contributed by atoms with van der Waals surface area (Å²) in [5, 5.41) is 11.0. The van der Waals surface area contributed by atoms with Crippen LogP contribution in [0.1, 0.15) is 31.9 Å². The summed E-state index contributed by atoms with van der Waals surface area (Å²) in [6, 6.07) is 3.33. The second-order valence-corrected chi connectivity index (χ2v) is 4.85. The van der Waals surface area contributed by atoms with E-state index in [2.05, 4.69) is 0 Å². The highest BCUT2D eigenvalue weighted by molar-refractivity contribution is 5.52. The van der Waals surface area contributed by atoms with Crippen molar-refractivity contribution in [1.29, 1.82) is 0 Å². The fourth-order valence-corrected chi connectivity index (χ4v) is 1.65. The standard InChI is InChI=1S/C12H17NO3/c1-8-6-9(12(2,3)4)10(13(14)15)7-11(8)16-5/h6-7H,1-5H3. The first kappa shape index (κ1) is 12.5. The van der Waals surface area contributed by atoms with Gasteiger partial charge in [0.15, 0.2) is 0 Å². The van der Waals surface area contributed by atoms with E-state index >= 15 is 0 Å². The zero-order valence-electron chi connectivity index (χ0n) is 10.3. The van der Waals surface area contributed by atoms with Gasteiger partial charge in [-0.15, -0.1) is 0 Å². The lowest BCUT2D eigenvalue weighted by atomic mass is 9.85.